The number of likely N-dealkylation sites (tertiary alicyclic amines) is 1. The Hall–Kier alpha value is -1.55. The van der Waals surface area contributed by atoms with Crippen LogP contribution >= 0.6 is 0 Å². The number of fused-ring (bicyclic) bond motifs is 1. The summed E-state index contributed by atoms with van der Waals surface area (Å²) in [5, 5.41) is 0. The Balaban J connectivity index is 1.89. The number of nitrogens with one attached hydrogen (secondary N) is 1. The second-order valence-corrected chi connectivity index (χ2v) is 6.26. The molecule has 1 aromatic heterocycles. The molecular weight excluding hydrogens is 250 g/mol. The molecule has 0 aliphatic carbocycles. The number of rotatable bonds is 3. The van der Waals surface area contributed by atoms with Crippen LogP contribution in [-0.2, 0) is 6.54 Å². The predicted octanol–water partition coefficient (Wildman–Crippen LogP) is 2.37. The number of H-pyrrole nitrogens is 1. The van der Waals surface area contributed by atoms with Crippen molar-refractivity contribution in [2.45, 2.75) is 39.8 Å². The van der Waals surface area contributed by atoms with Gasteiger partial charge >= 0.3 is 5.69 Å². The highest BCUT2D eigenvalue weighted by atomic mass is 16.1. The summed E-state index contributed by atoms with van der Waals surface area (Å²) in [6.07, 6.45) is 1.18. The van der Waals surface area contributed by atoms with Gasteiger partial charge in [-0.2, -0.15) is 0 Å². The van der Waals surface area contributed by atoms with Crippen LogP contribution in [-0.4, -0.2) is 33.6 Å². The lowest BCUT2D eigenvalue weighted by molar-refractivity contribution is 0.261. The van der Waals surface area contributed by atoms with E-state index in [0.717, 1.165) is 30.7 Å². The monoisotopic (exact) mass is 273 g/mol. The summed E-state index contributed by atoms with van der Waals surface area (Å²) < 4.78 is 1.93. The molecule has 2 aromatic rings. The van der Waals surface area contributed by atoms with Gasteiger partial charge in [0.15, 0.2) is 0 Å². The van der Waals surface area contributed by atoms with Gasteiger partial charge in [-0.1, -0.05) is 12.1 Å². The lowest BCUT2D eigenvalue weighted by atomic mass is 10.1. The molecule has 0 radical (unpaired) electrons. The first kappa shape index (κ1) is 13.4. The average molecular weight is 273 g/mol. The van der Waals surface area contributed by atoms with Crippen molar-refractivity contribution >= 4 is 11.0 Å². The average Bonchev–Trinajstić information content (AvgIpc) is 2.97. The number of aromatic nitrogens is 2. The molecule has 4 heteroatoms. The Morgan fingerprint density at radius 1 is 1.40 bits per heavy atom. The topological polar surface area (TPSA) is 41.0 Å². The third-order valence-corrected chi connectivity index (χ3v) is 4.48. The van der Waals surface area contributed by atoms with Crippen LogP contribution in [0.2, 0.25) is 0 Å². The molecule has 2 heterocycles. The van der Waals surface area contributed by atoms with Crippen LogP contribution in [0.15, 0.2) is 23.0 Å². The lowest BCUT2D eigenvalue weighted by Crippen LogP contribution is -2.29. The van der Waals surface area contributed by atoms with E-state index in [1.165, 1.54) is 12.0 Å². The maximum absolute atomic E-state index is 12.2. The van der Waals surface area contributed by atoms with E-state index in [0.29, 0.717) is 12.0 Å². The van der Waals surface area contributed by atoms with Gasteiger partial charge in [-0.25, -0.2) is 4.79 Å². The molecule has 108 valence electrons. The minimum atomic E-state index is 0.0253. The molecule has 1 saturated heterocycles. The molecule has 0 bridgehead atoms. The molecule has 3 rings (SSSR count). The molecule has 20 heavy (non-hydrogen) atoms. The zero-order valence-electron chi connectivity index (χ0n) is 12.5. The summed E-state index contributed by atoms with van der Waals surface area (Å²) in [6.45, 7) is 9.63. The van der Waals surface area contributed by atoms with Gasteiger partial charge in [0, 0.05) is 19.1 Å². The maximum Gasteiger partial charge on any atom is 0.326 e. The van der Waals surface area contributed by atoms with E-state index >= 15 is 0 Å². The molecule has 1 unspecified atom stereocenters. The Kier molecular flexibility index (Phi) is 3.42. The molecule has 1 aromatic carbocycles. The van der Waals surface area contributed by atoms with Gasteiger partial charge in [0.25, 0.3) is 0 Å². The molecule has 1 N–H and O–H groups in total. The van der Waals surface area contributed by atoms with Crippen LogP contribution < -0.4 is 5.69 Å². The second kappa shape index (κ2) is 5.09. The first-order valence-electron chi connectivity index (χ1n) is 7.48. The van der Waals surface area contributed by atoms with Crippen LogP contribution in [0, 0.1) is 12.8 Å². The molecule has 0 amide bonds. The third-order valence-electron chi connectivity index (χ3n) is 4.48. The molecular formula is C16H23N3O. The van der Waals surface area contributed by atoms with Gasteiger partial charge in [-0.3, -0.25) is 4.57 Å². The molecule has 1 aliphatic rings. The van der Waals surface area contributed by atoms with Gasteiger partial charge in [0.05, 0.1) is 11.0 Å². The van der Waals surface area contributed by atoms with Crippen molar-refractivity contribution < 1.29 is 0 Å². The largest absolute Gasteiger partial charge is 0.326 e. The first-order chi connectivity index (χ1) is 9.56. The SMILES string of the molecule is Cc1cccc2[nH]c(=O)n(CC3CCN(C(C)C)C3)c12. The first-order valence-corrected chi connectivity index (χ1v) is 7.48. The van der Waals surface area contributed by atoms with Crippen molar-refractivity contribution in [2.24, 2.45) is 5.92 Å². The summed E-state index contributed by atoms with van der Waals surface area (Å²) >= 11 is 0. The van der Waals surface area contributed by atoms with Crippen molar-refractivity contribution in [1.82, 2.24) is 14.5 Å². The van der Waals surface area contributed by atoms with Crippen LogP contribution in [0.1, 0.15) is 25.8 Å². The smallest absolute Gasteiger partial charge is 0.306 e. The molecule has 1 aliphatic heterocycles. The summed E-state index contributed by atoms with van der Waals surface area (Å²) in [6, 6.07) is 6.64. The zero-order valence-corrected chi connectivity index (χ0v) is 12.5. The fourth-order valence-electron chi connectivity index (χ4n) is 3.32. The normalized spacial score (nSPS) is 20.3. The van der Waals surface area contributed by atoms with Gasteiger partial charge < -0.3 is 9.88 Å². The number of aryl methyl sites for hydroxylation is 1. The molecule has 0 spiro atoms. The second-order valence-electron chi connectivity index (χ2n) is 6.26. The van der Waals surface area contributed by atoms with E-state index in [1.54, 1.807) is 0 Å². The van der Waals surface area contributed by atoms with E-state index in [1.807, 2.05) is 16.7 Å². The molecule has 0 saturated carbocycles. The van der Waals surface area contributed by atoms with Gasteiger partial charge in [0.2, 0.25) is 0 Å². The minimum absolute atomic E-state index is 0.0253. The molecule has 1 atom stereocenters. The van der Waals surface area contributed by atoms with Crippen LogP contribution in [0.5, 0.6) is 0 Å². The Morgan fingerprint density at radius 2 is 2.20 bits per heavy atom. The van der Waals surface area contributed by atoms with Crippen LogP contribution in [0.25, 0.3) is 11.0 Å². The standard InChI is InChI=1S/C16H23N3O/c1-11(2)18-8-7-13(9-18)10-19-15-12(3)5-4-6-14(15)17-16(19)20/h4-6,11,13H,7-10H2,1-3H3,(H,17,20). The van der Waals surface area contributed by atoms with Crippen LogP contribution in [0.3, 0.4) is 0 Å². The van der Waals surface area contributed by atoms with Crippen molar-refractivity contribution in [3.05, 3.63) is 34.2 Å². The number of hydrogen-bond acceptors (Lipinski definition) is 2. The summed E-state index contributed by atoms with van der Waals surface area (Å²) in [5.74, 6) is 0.578. The number of aromatic amines is 1. The number of benzene rings is 1. The number of hydrogen-bond donors (Lipinski definition) is 1. The molecule has 4 nitrogen and oxygen atoms in total. The third kappa shape index (κ3) is 2.29. The number of nitrogens with zero attached hydrogens (tertiary/aromatic N) is 2. The van der Waals surface area contributed by atoms with E-state index in [-0.39, 0.29) is 5.69 Å². The Labute approximate surface area is 119 Å². The van der Waals surface area contributed by atoms with Crippen molar-refractivity contribution in [3.63, 3.8) is 0 Å². The number of para-hydroxylation sites is 1. The Morgan fingerprint density at radius 3 is 2.90 bits per heavy atom. The summed E-state index contributed by atoms with van der Waals surface area (Å²) in [7, 11) is 0. The predicted molar refractivity (Wildman–Crippen MR) is 82.1 cm³/mol. The minimum Gasteiger partial charge on any atom is -0.306 e. The van der Waals surface area contributed by atoms with E-state index < -0.39 is 0 Å². The van der Waals surface area contributed by atoms with Crippen molar-refractivity contribution in [1.29, 1.82) is 0 Å². The van der Waals surface area contributed by atoms with Gasteiger partial charge in [0.1, 0.15) is 0 Å². The fraction of sp³-hybridized carbons (Fsp3) is 0.562. The Bertz CT molecular complexity index is 668. The van der Waals surface area contributed by atoms with Gasteiger partial charge in [-0.15, -0.1) is 0 Å². The number of imidazole rings is 1. The fourth-order valence-corrected chi connectivity index (χ4v) is 3.32. The van der Waals surface area contributed by atoms with Crippen LogP contribution in [0.4, 0.5) is 0 Å². The van der Waals surface area contributed by atoms with Gasteiger partial charge in [-0.05, 0) is 51.3 Å². The highest BCUT2D eigenvalue weighted by molar-refractivity contribution is 5.78. The maximum atomic E-state index is 12.2. The highest BCUT2D eigenvalue weighted by Crippen LogP contribution is 2.22. The molecule has 1 fully saturated rings. The van der Waals surface area contributed by atoms with Crippen molar-refractivity contribution in [3.8, 4) is 0 Å². The highest BCUT2D eigenvalue weighted by Gasteiger charge is 2.25. The van der Waals surface area contributed by atoms with E-state index in [2.05, 4.69) is 36.7 Å². The zero-order chi connectivity index (χ0) is 14.3. The lowest BCUT2D eigenvalue weighted by Gasteiger charge is -2.20. The van der Waals surface area contributed by atoms with Crippen molar-refractivity contribution in [2.75, 3.05) is 13.1 Å². The van der Waals surface area contributed by atoms with E-state index in [9.17, 15) is 4.79 Å². The summed E-state index contributed by atoms with van der Waals surface area (Å²) in [5.41, 5.74) is 3.21. The van der Waals surface area contributed by atoms with E-state index in [4.69, 9.17) is 0 Å². The summed E-state index contributed by atoms with van der Waals surface area (Å²) in [4.78, 5) is 17.7. The quantitative estimate of drug-likeness (QED) is 0.932.